The molecule has 0 aliphatic heterocycles. The molecule has 1 atom stereocenters. The fraction of sp³-hybridized carbons (Fsp3) is 0.364. The number of non-ortho nitro benzene ring substituents is 1. The van der Waals surface area contributed by atoms with Gasteiger partial charge in [0.2, 0.25) is 10.0 Å². The van der Waals surface area contributed by atoms with Gasteiger partial charge in [-0.1, -0.05) is 0 Å². The lowest BCUT2D eigenvalue weighted by molar-refractivity contribution is -0.385. The maximum Gasteiger partial charge on any atom is 0.271 e. The summed E-state index contributed by atoms with van der Waals surface area (Å²) in [4.78, 5) is 9.69. The second-order valence-electron chi connectivity index (χ2n) is 3.92. The summed E-state index contributed by atoms with van der Waals surface area (Å²) in [6.07, 6.45) is 0. The van der Waals surface area contributed by atoms with E-state index < -0.39 is 21.0 Å². The zero-order chi connectivity index (χ0) is 15.5. The smallest absolute Gasteiger partial charge is 0.271 e. The van der Waals surface area contributed by atoms with Gasteiger partial charge in [0.1, 0.15) is 16.7 Å². The minimum Gasteiger partial charge on any atom is -0.495 e. The lowest BCUT2D eigenvalue weighted by Crippen LogP contribution is -2.34. The van der Waals surface area contributed by atoms with E-state index in [0.29, 0.717) is 0 Å². The lowest BCUT2D eigenvalue weighted by Gasteiger charge is -2.20. The largest absolute Gasteiger partial charge is 0.495 e. The molecule has 8 nitrogen and oxygen atoms in total. The standard InChI is InChI=1S/C11H13N3O5S/c1-8(7-12)13(2)20(17,18)11-6-9(14(15)16)4-5-10(11)19-3/h4-6,8H,1-3H3. The Morgan fingerprint density at radius 3 is 2.55 bits per heavy atom. The summed E-state index contributed by atoms with van der Waals surface area (Å²) >= 11 is 0. The van der Waals surface area contributed by atoms with E-state index in [4.69, 9.17) is 10.00 Å². The van der Waals surface area contributed by atoms with E-state index >= 15 is 0 Å². The molecule has 0 fully saturated rings. The molecule has 0 saturated heterocycles. The second-order valence-corrected chi connectivity index (χ2v) is 5.88. The molecular weight excluding hydrogens is 286 g/mol. The fourth-order valence-electron chi connectivity index (χ4n) is 1.43. The van der Waals surface area contributed by atoms with Crippen LogP contribution in [0.25, 0.3) is 0 Å². The Hall–Kier alpha value is -2.18. The van der Waals surface area contributed by atoms with Gasteiger partial charge in [-0.25, -0.2) is 8.42 Å². The van der Waals surface area contributed by atoms with E-state index in [1.807, 2.05) is 0 Å². The van der Waals surface area contributed by atoms with E-state index in [1.54, 1.807) is 6.07 Å². The van der Waals surface area contributed by atoms with Crippen LogP contribution in [0.4, 0.5) is 5.69 Å². The summed E-state index contributed by atoms with van der Waals surface area (Å²) in [5.74, 6) is -0.0208. The Labute approximate surface area is 116 Å². The third-order valence-electron chi connectivity index (χ3n) is 2.75. The molecule has 108 valence electrons. The van der Waals surface area contributed by atoms with E-state index in [0.717, 1.165) is 16.4 Å². The highest BCUT2D eigenvalue weighted by Crippen LogP contribution is 2.30. The lowest BCUT2D eigenvalue weighted by atomic mass is 10.3. The Bertz CT molecular complexity index is 665. The third kappa shape index (κ3) is 2.87. The van der Waals surface area contributed by atoms with Gasteiger partial charge >= 0.3 is 0 Å². The summed E-state index contributed by atoms with van der Waals surface area (Å²) in [6, 6.07) is 4.13. The minimum absolute atomic E-state index is 0.0208. The fourth-order valence-corrected chi connectivity index (χ4v) is 2.87. The van der Waals surface area contributed by atoms with E-state index in [9.17, 15) is 18.5 Å². The van der Waals surface area contributed by atoms with Crippen molar-refractivity contribution in [2.24, 2.45) is 0 Å². The molecule has 0 aromatic heterocycles. The molecule has 0 spiro atoms. The Kier molecular flexibility index (Phi) is 4.65. The zero-order valence-corrected chi connectivity index (χ0v) is 11.9. The first-order valence-electron chi connectivity index (χ1n) is 5.45. The average Bonchev–Trinajstić information content (AvgIpc) is 2.44. The average molecular weight is 299 g/mol. The number of nitrogens with zero attached hydrogens (tertiary/aromatic N) is 3. The van der Waals surface area contributed by atoms with Crippen LogP contribution in [0.15, 0.2) is 23.1 Å². The molecule has 1 unspecified atom stereocenters. The highest BCUT2D eigenvalue weighted by Gasteiger charge is 2.30. The van der Waals surface area contributed by atoms with Gasteiger partial charge in [-0.2, -0.15) is 9.57 Å². The Balaban J connectivity index is 3.47. The van der Waals surface area contributed by atoms with Crippen LogP contribution in [0.3, 0.4) is 0 Å². The molecule has 0 N–H and O–H groups in total. The van der Waals surface area contributed by atoms with Crippen LogP contribution >= 0.6 is 0 Å². The van der Waals surface area contributed by atoms with Gasteiger partial charge in [0.15, 0.2) is 0 Å². The molecule has 0 aliphatic rings. The second kappa shape index (κ2) is 5.85. The van der Waals surface area contributed by atoms with Crippen molar-refractivity contribution in [1.29, 1.82) is 5.26 Å². The summed E-state index contributed by atoms with van der Waals surface area (Å²) in [7, 11) is -1.59. The molecule has 0 saturated carbocycles. The van der Waals surface area contributed by atoms with Crippen molar-refractivity contribution in [2.45, 2.75) is 17.9 Å². The van der Waals surface area contributed by atoms with Crippen LogP contribution < -0.4 is 4.74 Å². The van der Waals surface area contributed by atoms with Gasteiger partial charge in [0.05, 0.1) is 18.1 Å². The molecule has 1 rings (SSSR count). The number of ether oxygens (including phenoxy) is 1. The predicted molar refractivity (Wildman–Crippen MR) is 69.7 cm³/mol. The van der Waals surface area contributed by atoms with E-state index in [-0.39, 0.29) is 16.3 Å². The number of benzene rings is 1. The van der Waals surface area contributed by atoms with Crippen LogP contribution in [0, 0.1) is 21.4 Å². The first-order valence-corrected chi connectivity index (χ1v) is 6.89. The number of hydrogen-bond acceptors (Lipinski definition) is 6. The number of rotatable bonds is 5. The first kappa shape index (κ1) is 15.9. The number of nitriles is 1. The molecule has 1 aromatic rings. The monoisotopic (exact) mass is 299 g/mol. The minimum atomic E-state index is -4.07. The maximum absolute atomic E-state index is 12.4. The Morgan fingerprint density at radius 2 is 2.10 bits per heavy atom. The highest BCUT2D eigenvalue weighted by molar-refractivity contribution is 7.89. The van der Waals surface area contributed by atoms with Crippen LogP contribution in [0.1, 0.15) is 6.92 Å². The number of nitro groups is 1. The molecule has 1 aromatic carbocycles. The summed E-state index contributed by atoms with van der Waals surface area (Å²) in [5, 5.41) is 19.5. The topological polar surface area (TPSA) is 114 Å². The van der Waals surface area contributed by atoms with Crippen LogP contribution in [0.2, 0.25) is 0 Å². The van der Waals surface area contributed by atoms with Gasteiger partial charge in [-0.15, -0.1) is 0 Å². The van der Waals surface area contributed by atoms with Crippen molar-refractivity contribution in [3.63, 3.8) is 0 Å². The molecule has 9 heteroatoms. The molecule has 0 amide bonds. The summed E-state index contributed by atoms with van der Waals surface area (Å²) < 4.78 is 30.5. The highest BCUT2D eigenvalue weighted by atomic mass is 32.2. The number of methoxy groups -OCH3 is 1. The van der Waals surface area contributed by atoms with Gasteiger partial charge in [-0.3, -0.25) is 10.1 Å². The van der Waals surface area contributed by atoms with Crippen molar-refractivity contribution in [3.05, 3.63) is 28.3 Å². The molecular formula is C11H13N3O5S. The van der Waals surface area contributed by atoms with Gasteiger partial charge in [0, 0.05) is 19.2 Å². The summed E-state index contributed by atoms with van der Waals surface area (Å²) in [5.41, 5.74) is -0.373. The van der Waals surface area contributed by atoms with Crippen molar-refractivity contribution >= 4 is 15.7 Å². The predicted octanol–water partition coefficient (Wildman–Crippen LogP) is 1.14. The van der Waals surface area contributed by atoms with Gasteiger partial charge in [-0.05, 0) is 13.0 Å². The van der Waals surface area contributed by atoms with Crippen molar-refractivity contribution in [1.82, 2.24) is 4.31 Å². The summed E-state index contributed by atoms with van der Waals surface area (Å²) in [6.45, 7) is 1.40. The van der Waals surface area contributed by atoms with Crippen molar-refractivity contribution in [3.8, 4) is 11.8 Å². The number of sulfonamides is 1. The maximum atomic E-state index is 12.4. The molecule has 20 heavy (non-hydrogen) atoms. The number of hydrogen-bond donors (Lipinski definition) is 0. The van der Waals surface area contributed by atoms with Gasteiger partial charge < -0.3 is 4.74 Å². The number of nitro benzene ring substituents is 1. The Morgan fingerprint density at radius 1 is 1.50 bits per heavy atom. The molecule has 0 bridgehead atoms. The normalized spacial score (nSPS) is 12.8. The quantitative estimate of drug-likeness (QED) is 0.595. The van der Waals surface area contributed by atoms with E-state index in [1.165, 1.54) is 27.1 Å². The van der Waals surface area contributed by atoms with E-state index in [2.05, 4.69) is 0 Å². The zero-order valence-electron chi connectivity index (χ0n) is 11.1. The SMILES string of the molecule is COc1ccc([N+](=O)[O-])cc1S(=O)(=O)N(C)C(C)C#N. The van der Waals surface area contributed by atoms with Crippen LogP contribution in [-0.4, -0.2) is 37.8 Å². The van der Waals surface area contributed by atoms with Crippen molar-refractivity contribution < 1.29 is 18.1 Å². The first-order chi connectivity index (χ1) is 9.25. The van der Waals surface area contributed by atoms with Crippen LogP contribution in [-0.2, 0) is 10.0 Å². The molecule has 0 radical (unpaired) electrons. The van der Waals surface area contributed by atoms with Crippen molar-refractivity contribution in [2.75, 3.05) is 14.2 Å². The molecule has 0 heterocycles. The third-order valence-corrected chi connectivity index (χ3v) is 4.70. The van der Waals surface area contributed by atoms with Gasteiger partial charge in [0.25, 0.3) is 5.69 Å². The van der Waals surface area contributed by atoms with Crippen LogP contribution in [0.5, 0.6) is 5.75 Å². The molecule has 0 aliphatic carbocycles.